The van der Waals surface area contributed by atoms with Crippen LogP contribution in [-0.2, 0) is 0 Å². The van der Waals surface area contributed by atoms with Crippen molar-refractivity contribution in [1.29, 1.82) is 0 Å². The van der Waals surface area contributed by atoms with E-state index in [9.17, 15) is 0 Å². The zero-order valence-corrected chi connectivity index (χ0v) is 28.5. The fraction of sp³-hybridized carbons (Fsp3) is 0. The molecule has 0 spiro atoms. The van der Waals surface area contributed by atoms with Gasteiger partial charge in [-0.2, -0.15) is 0 Å². The van der Waals surface area contributed by atoms with E-state index in [1.54, 1.807) is 0 Å². The molecule has 11 aromatic rings. The standard InChI is InChI=1S/C49H29N3O/c1-2-14-32(15-3-1)47-50-48(35-23-22-30-12-4-5-16-33(30)26-35)52-49(51-47)42-28-36(29-44-46(42)40-20-10-11-21-43(40)53-44)41-27-34-17-7-8-18-37(34)39-25-24-31-13-6-9-19-38(31)45(39)41/h1-29H. The summed E-state index contributed by atoms with van der Waals surface area (Å²) in [7, 11) is 0. The third kappa shape index (κ3) is 4.80. The second-order valence-electron chi connectivity index (χ2n) is 13.6. The third-order valence-corrected chi connectivity index (χ3v) is 10.5. The molecular formula is C49H29N3O. The van der Waals surface area contributed by atoms with Gasteiger partial charge < -0.3 is 4.42 Å². The van der Waals surface area contributed by atoms with Crippen molar-refractivity contribution >= 4 is 65.0 Å². The van der Waals surface area contributed by atoms with Gasteiger partial charge in [0.2, 0.25) is 0 Å². The molecule has 0 aliphatic heterocycles. The van der Waals surface area contributed by atoms with Crippen LogP contribution in [-0.4, -0.2) is 15.0 Å². The molecule has 0 unspecified atom stereocenters. The summed E-state index contributed by atoms with van der Waals surface area (Å²) in [6, 6.07) is 61.7. The predicted molar refractivity (Wildman–Crippen MR) is 219 cm³/mol. The molecule has 246 valence electrons. The van der Waals surface area contributed by atoms with Gasteiger partial charge in [0, 0.05) is 27.5 Å². The summed E-state index contributed by atoms with van der Waals surface area (Å²) in [6.07, 6.45) is 0. The van der Waals surface area contributed by atoms with E-state index in [4.69, 9.17) is 19.4 Å². The SMILES string of the molecule is c1ccc(-c2nc(-c3ccc4ccccc4c3)nc(-c3cc(-c4cc5ccccc5c5ccc6ccccc6c45)cc4oc5ccccc5c34)n2)cc1. The molecule has 0 atom stereocenters. The van der Waals surface area contributed by atoms with Crippen LogP contribution in [0.25, 0.3) is 110 Å². The van der Waals surface area contributed by atoms with Gasteiger partial charge in [0.15, 0.2) is 17.5 Å². The van der Waals surface area contributed by atoms with Gasteiger partial charge in [-0.15, -0.1) is 0 Å². The number of para-hydroxylation sites is 1. The van der Waals surface area contributed by atoms with Crippen molar-refractivity contribution in [2.45, 2.75) is 0 Å². The normalized spacial score (nSPS) is 11.8. The lowest BCUT2D eigenvalue weighted by atomic mass is 9.89. The van der Waals surface area contributed by atoms with Crippen molar-refractivity contribution in [3.05, 3.63) is 176 Å². The largest absolute Gasteiger partial charge is 0.456 e. The topological polar surface area (TPSA) is 51.8 Å². The maximum absolute atomic E-state index is 6.67. The average molecular weight is 676 g/mol. The summed E-state index contributed by atoms with van der Waals surface area (Å²) in [4.78, 5) is 15.6. The molecule has 9 aromatic carbocycles. The Bertz CT molecular complexity index is 3240. The Morgan fingerprint density at radius 2 is 0.943 bits per heavy atom. The molecule has 0 fully saturated rings. The van der Waals surface area contributed by atoms with E-state index in [1.807, 2.05) is 30.3 Å². The molecule has 4 nitrogen and oxygen atoms in total. The van der Waals surface area contributed by atoms with Gasteiger partial charge in [0.1, 0.15) is 11.2 Å². The first-order valence-electron chi connectivity index (χ1n) is 17.9. The van der Waals surface area contributed by atoms with Gasteiger partial charge >= 0.3 is 0 Å². The zero-order valence-electron chi connectivity index (χ0n) is 28.5. The van der Waals surface area contributed by atoms with Crippen molar-refractivity contribution in [2.75, 3.05) is 0 Å². The fourth-order valence-electron chi connectivity index (χ4n) is 7.97. The minimum Gasteiger partial charge on any atom is -0.456 e. The summed E-state index contributed by atoms with van der Waals surface area (Å²) in [5.41, 5.74) is 6.52. The lowest BCUT2D eigenvalue weighted by Crippen LogP contribution is -2.01. The Morgan fingerprint density at radius 3 is 1.79 bits per heavy atom. The molecule has 53 heavy (non-hydrogen) atoms. The second-order valence-corrected chi connectivity index (χ2v) is 13.6. The summed E-state index contributed by atoms with van der Waals surface area (Å²) < 4.78 is 6.67. The molecule has 2 aromatic heterocycles. The number of hydrogen-bond acceptors (Lipinski definition) is 4. The second kappa shape index (κ2) is 11.7. The third-order valence-electron chi connectivity index (χ3n) is 10.5. The van der Waals surface area contributed by atoms with Crippen LogP contribution in [0.4, 0.5) is 0 Å². The molecule has 11 rings (SSSR count). The molecule has 0 aliphatic rings. The Labute approximate surface area is 304 Å². The first kappa shape index (κ1) is 29.5. The molecule has 0 N–H and O–H groups in total. The van der Waals surface area contributed by atoms with Crippen molar-refractivity contribution < 1.29 is 4.42 Å². The van der Waals surface area contributed by atoms with Crippen LogP contribution < -0.4 is 0 Å². The monoisotopic (exact) mass is 675 g/mol. The highest BCUT2D eigenvalue weighted by atomic mass is 16.3. The van der Waals surface area contributed by atoms with Gasteiger partial charge in [-0.1, -0.05) is 146 Å². The Kier molecular flexibility index (Phi) is 6.52. The van der Waals surface area contributed by atoms with Crippen LogP contribution >= 0.6 is 0 Å². The van der Waals surface area contributed by atoms with E-state index in [1.165, 1.54) is 37.7 Å². The highest BCUT2D eigenvalue weighted by molar-refractivity contribution is 6.24. The minimum atomic E-state index is 0.593. The van der Waals surface area contributed by atoms with E-state index in [0.29, 0.717) is 17.5 Å². The van der Waals surface area contributed by atoms with E-state index >= 15 is 0 Å². The van der Waals surface area contributed by atoms with Gasteiger partial charge in [-0.3, -0.25) is 0 Å². The number of benzene rings is 9. The number of fused-ring (bicyclic) bond motifs is 9. The van der Waals surface area contributed by atoms with Crippen molar-refractivity contribution in [3.8, 4) is 45.3 Å². The molecule has 2 heterocycles. The number of aromatic nitrogens is 3. The average Bonchev–Trinajstić information content (AvgIpc) is 3.61. The molecule has 0 saturated heterocycles. The fourth-order valence-corrected chi connectivity index (χ4v) is 7.97. The Morgan fingerprint density at radius 1 is 0.302 bits per heavy atom. The highest BCUT2D eigenvalue weighted by Gasteiger charge is 2.21. The van der Waals surface area contributed by atoms with Crippen molar-refractivity contribution in [1.82, 2.24) is 15.0 Å². The van der Waals surface area contributed by atoms with Crippen LogP contribution in [0, 0.1) is 0 Å². The maximum atomic E-state index is 6.67. The van der Waals surface area contributed by atoms with E-state index < -0.39 is 0 Å². The maximum Gasteiger partial charge on any atom is 0.164 e. The summed E-state index contributed by atoms with van der Waals surface area (Å²) in [5.74, 6) is 1.83. The van der Waals surface area contributed by atoms with E-state index in [0.717, 1.165) is 55.1 Å². The first-order valence-corrected chi connectivity index (χ1v) is 17.9. The molecule has 0 aliphatic carbocycles. The number of nitrogens with zero attached hydrogens (tertiary/aromatic N) is 3. The quantitative estimate of drug-likeness (QED) is 0.174. The Hall–Kier alpha value is -7.17. The molecular weight excluding hydrogens is 647 g/mol. The van der Waals surface area contributed by atoms with Crippen molar-refractivity contribution in [3.63, 3.8) is 0 Å². The number of rotatable bonds is 4. The Balaban J connectivity index is 1.25. The van der Waals surface area contributed by atoms with Crippen LogP contribution in [0.3, 0.4) is 0 Å². The molecule has 4 heteroatoms. The summed E-state index contributed by atoms with van der Waals surface area (Å²) in [6.45, 7) is 0. The minimum absolute atomic E-state index is 0.593. The van der Waals surface area contributed by atoms with Gasteiger partial charge in [-0.05, 0) is 84.5 Å². The lowest BCUT2D eigenvalue weighted by Gasteiger charge is -2.15. The number of hydrogen-bond donors (Lipinski definition) is 0. The first-order chi connectivity index (χ1) is 26.2. The van der Waals surface area contributed by atoms with Crippen molar-refractivity contribution in [2.24, 2.45) is 0 Å². The molecule has 0 amide bonds. The molecule has 0 radical (unpaired) electrons. The highest BCUT2D eigenvalue weighted by Crippen LogP contribution is 2.44. The zero-order chi connectivity index (χ0) is 34.9. The van der Waals surface area contributed by atoms with Gasteiger partial charge in [-0.25, -0.2) is 15.0 Å². The van der Waals surface area contributed by atoms with Gasteiger partial charge in [0.05, 0.1) is 0 Å². The van der Waals surface area contributed by atoms with Crippen LogP contribution in [0.1, 0.15) is 0 Å². The number of furan rings is 1. The van der Waals surface area contributed by atoms with Crippen LogP contribution in [0.5, 0.6) is 0 Å². The lowest BCUT2D eigenvalue weighted by molar-refractivity contribution is 0.669. The predicted octanol–water partition coefficient (Wildman–Crippen LogP) is 13.1. The summed E-state index contributed by atoms with van der Waals surface area (Å²) >= 11 is 0. The summed E-state index contributed by atoms with van der Waals surface area (Å²) in [5, 5.41) is 11.6. The van der Waals surface area contributed by atoms with Crippen LogP contribution in [0.2, 0.25) is 0 Å². The van der Waals surface area contributed by atoms with E-state index in [-0.39, 0.29) is 0 Å². The van der Waals surface area contributed by atoms with Crippen LogP contribution in [0.15, 0.2) is 180 Å². The van der Waals surface area contributed by atoms with E-state index in [2.05, 4.69) is 146 Å². The molecule has 0 bridgehead atoms. The molecule has 0 saturated carbocycles. The van der Waals surface area contributed by atoms with Gasteiger partial charge in [0.25, 0.3) is 0 Å². The smallest absolute Gasteiger partial charge is 0.164 e.